The first-order valence-electron chi connectivity index (χ1n) is 4.22. The number of nitrogens with zero attached hydrogens (tertiary/aromatic N) is 1. The average molecular weight is 178 g/mol. The van der Waals surface area contributed by atoms with Crippen molar-refractivity contribution in [3.63, 3.8) is 0 Å². The smallest absolute Gasteiger partial charge is 0.272 e. The lowest BCUT2D eigenvalue weighted by Gasteiger charge is -2.03. The third-order valence-corrected chi connectivity index (χ3v) is 2.49. The van der Waals surface area contributed by atoms with Crippen LogP contribution in [0.2, 0.25) is 0 Å². The Labute approximate surface area is 75.5 Å². The lowest BCUT2D eigenvalue weighted by Crippen LogP contribution is -2.05. The number of hydrogen-bond acceptors (Lipinski definition) is 3. The van der Waals surface area contributed by atoms with Gasteiger partial charge in [0.2, 0.25) is 0 Å². The fraction of sp³-hybridized carbons (Fsp3) is 0.333. The zero-order chi connectivity index (χ0) is 9.42. The number of rotatable bonds is 1. The van der Waals surface area contributed by atoms with E-state index in [9.17, 15) is 10.1 Å². The van der Waals surface area contributed by atoms with Crippen molar-refractivity contribution in [1.29, 1.82) is 0 Å². The van der Waals surface area contributed by atoms with Gasteiger partial charge < -0.3 is 5.73 Å². The summed E-state index contributed by atoms with van der Waals surface area (Å²) in [6.45, 7) is 0. The summed E-state index contributed by atoms with van der Waals surface area (Å²) in [6, 6.07) is 5.09. The van der Waals surface area contributed by atoms with E-state index < -0.39 is 0 Å². The fourth-order valence-electron chi connectivity index (χ4n) is 1.84. The fourth-order valence-corrected chi connectivity index (χ4v) is 1.84. The van der Waals surface area contributed by atoms with Crippen molar-refractivity contribution < 1.29 is 4.92 Å². The molecule has 0 radical (unpaired) electrons. The summed E-state index contributed by atoms with van der Waals surface area (Å²) in [5, 5.41) is 10.6. The second kappa shape index (κ2) is 2.81. The summed E-state index contributed by atoms with van der Waals surface area (Å²) < 4.78 is 0. The average Bonchev–Trinajstić information content (AvgIpc) is 2.48. The standard InChI is InChI=1S/C9H10N2O2/c10-8-5-4-7-6(8)2-1-3-9(7)11(12)13/h1-3,8H,4-5,10H2. The van der Waals surface area contributed by atoms with Crippen molar-refractivity contribution in [2.75, 3.05) is 0 Å². The summed E-state index contributed by atoms with van der Waals surface area (Å²) in [5.41, 5.74) is 7.76. The zero-order valence-corrected chi connectivity index (χ0v) is 7.06. The molecule has 0 bridgehead atoms. The highest BCUT2D eigenvalue weighted by atomic mass is 16.6. The van der Waals surface area contributed by atoms with Crippen molar-refractivity contribution in [3.05, 3.63) is 39.4 Å². The van der Waals surface area contributed by atoms with Gasteiger partial charge in [0.25, 0.3) is 5.69 Å². The molecule has 0 aliphatic heterocycles. The molecule has 13 heavy (non-hydrogen) atoms. The summed E-state index contributed by atoms with van der Waals surface area (Å²) in [6.07, 6.45) is 1.55. The van der Waals surface area contributed by atoms with E-state index in [1.807, 2.05) is 6.07 Å². The van der Waals surface area contributed by atoms with Crippen molar-refractivity contribution in [1.82, 2.24) is 0 Å². The number of benzene rings is 1. The molecule has 0 amide bonds. The Morgan fingerprint density at radius 1 is 1.54 bits per heavy atom. The maximum atomic E-state index is 10.6. The molecule has 68 valence electrons. The molecule has 1 atom stereocenters. The summed E-state index contributed by atoms with van der Waals surface area (Å²) in [4.78, 5) is 10.3. The Kier molecular flexibility index (Phi) is 1.77. The minimum absolute atomic E-state index is 0.0186. The van der Waals surface area contributed by atoms with Crippen LogP contribution in [-0.4, -0.2) is 4.92 Å². The Balaban J connectivity index is 2.57. The lowest BCUT2D eigenvalue weighted by molar-refractivity contribution is -0.385. The van der Waals surface area contributed by atoms with Crippen LogP contribution in [0.4, 0.5) is 5.69 Å². The normalized spacial score (nSPS) is 19.9. The molecule has 4 nitrogen and oxygen atoms in total. The minimum Gasteiger partial charge on any atom is -0.324 e. The van der Waals surface area contributed by atoms with Gasteiger partial charge in [-0.25, -0.2) is 0 Å². The van der Waals surface area contributed by atoms with Crippen LogP contribution in [0.3, 0.4) is 0 Å². The van der Waals surface area contributed by atoms with Gasteiger partial charge in [-0.05, 0) is 18.4 Å². The van der Waals surface area contributed by atoms with Gasteiger partial charge in [-0.2, -0.15) is 0 Å². The molecule has 2 N–H and O–H groups in total. The molecular weight excluding hydrogens is 168 g/mol. The van der Waals surface area contributed by atoms with E-state index >= 15 is 0 Å². The molecule has 2 rings (SSSR count). The van der Waals surface area contributed by atoms with Gasteiger partial charge in [0.15, 0.2) is 0 Å². The molecule has 1 aromatic rings. The molecule has 4 heteroatoms. The van der Waals surface area contributed by atoms with Gasteiger partial charge in [-0.1, -0.05) is 12.1 Å². The Morgan fingerprint density at radius 2 is 2.31 bits per heavy atom. The van der Waals surface area contributed by atoms with Gasteiger partial charge in [-0.15, -0.1) is 0 Å². The van der Waals surface area contributed by atoms with E-state index in [4.69, 9.17) is 5.73 Å². The predicted octanol–water partition coefficient (Wildman–Crippen LogP) is 1.54. The zero-order valence-electron chi connectivity index (χ0n) is 7.06. The van der Waals surface area contributed by atoms with Crippen molar-refractivity contribution in [3.8, 4) is 0 Å². The molecule has 1 aliphatic carbocycles. The molecule has 1 aromatic carbocycles. The summed E-state index contributed by atoms with van der Waals surface area (Å²) in [5.74, 6) is 0. The highest BCUT2D eigenvalue weighted by Crippen LogP contribution is 2.34. The van der Waals surface area contributed by atoms with Crippen LogP contribution in [0.5, 0.6) is 0 Å². The highest BCUT2D eigenvalue weighted by Gasteiger charge is 2.25. The first-order valence-corrected chi connectivity index (χ1v) is 4.22. The van der Waals surface area contributed by atoms with E-state index in [1.165, 1.54) is 6.07 Å². The topological polar surface area (TPSA) is 69.2 Å². The quantitative estimate of drug-likeness (QED) is 0.523. The van der Waals surface area contributed by atoms with E-state index in [2.05, 4.69) is 0 Å². The van der Waals surface area contributed by atoms with Crippen LogP contribution in [0, 0.1) is 10.1 Å². The van der Waals surface area contributed by atoms with Gasteiger partial charge in [0, 0.05) is 17.7 Å². The molecule has 0 saturated carbocycles. The van der Waals surface area contributed by atoms with Crippen molar-refractivity contribution in [2.45, 2.75) is 18.9 Å². The molecule has 0 fully saturated rings. The van der Waals surface area contributed by atoms with Crippen LogP contribution in [0.25, 0.3) is 0 Å². The molecule has 0 aromatic heterocycles. The molecule has 0 spiro atoms. The Bertz CT molecular complexity index is 363. The largest absolute Gasteiger partial charge is 0.324 e. The van der Waals surface area contributed by atoms with E-state index in [-0.39, 0.29) is 16.7 Å². The monoisotopic (exact) mass is 178 g/mol. The molecule has 0 saturated heterocycles. The second-order valence-corrected chi connectivity index (χ2v) is 3.25. The minimum atomic E-state index is -0.336. The Morgan fingerprint density at radius 3 is 3.00 bits per heavy atom. The number of hydrogen-bond donors (Lipinski definition) is 1. The van der Waals surface area contributed by atoms with Gasteiger partial charge >= 0.3 is 0 Å². The first kappa shape index (κ1) is 8.19. The van der Waals surface area contributed by atoms with Crippen molar-refractivity contribution in [2.24, 2.45) is 5.73 Å². The third-order valence-electron chi connectivity index (χ3n) is 2.49. The first-order chi connectivity index (χ1) is 6.20. The molecule has 1 unspecified atom stereocenters. The number of nitrogens with two attached hydrogens (primary N) is 1. The SMILES string of the molecule is NC1CCc2c1cccc2[N+](=O)[O-]. The van der Waals surface area contributed by atoms with Gasteiger partial charge in [0.1, 0.15) is 0 Å². The van der Waals surface area contributed by atoms with Crippen LogP contribution in [0.1, 0.15) is 23.6 Å². The maximum Gasteiger partial charge on any atom is 0.272 e. The summed E-state index contributed by atoms with van der Waals surface area (Å²) in [7, 11) is 0. The maximum absolute atomic E-state index is 10.6. The summed E-state index contributed by atoms with van der Waals surface area (Å²) >= 11 is 0. The third kappa shape index (κ3) is 1.19. The van der Waals surface area contributed by atoms with Crippen molar-refractivity contribution >= 4 is 5.69 Å². The van der Waals surface area contributed by atoms with E-state index in [0.717, 1.165) is 24.0 Å². The highest BCUT2D eigenvalue weighted by molar-refractivity contribution is 5.49. The van der Waals surface area contributed by atoms with Crippen LogP contribution >= 0.6 is 0 Å². The van der Waals surface area contributed by atoms with Gasteiger partial charge in [0.05, 0.1) is 4.92 Å². The molecular formula is C9H10N2O2. The van der Waals surface area contributed by atoms with Crippen LogP contribution in [-0.2, 0) is 6.42 Å². The van der Waals surface area contributed by atoms with Crippen LogP contribution < -0.4 is 5.73 Å². The number of fused-ring (bicyclic) bond motifs is 1. The molecule has 0 heterocycles. The predicted molar refractivity (Wildman–Crippen MR) is 48.3 cm³/mol. The van der Waals surface area contributed by atoms with Crippen LogP contribution in [0.15, 0.2) is 18.2 Å². The number of nitro benzene ring substituents is 1. The van der Waals surface area contributed by atoms with Gasteiger partial charge in [-0.3, -0.25) is 10.1 Å². The van der Waals surface area contributed by atoms with E-state index in [0.29, 0.717) is 0 Å². The Hall–Kier alpha value is -1.42. The van der Waals surface area contributed by atoms with E-state index in [1.54, 1.807) is 6.07 Å². The number of nitro groups is 1. The second-order valence-electron chi connectivity index (χ2n) is 3.25. The molecule has 1 aliphatic rings. The lowest BCUT2D eigenvalue weighted by atomic mass is 10.1.